The van der Waals surface area contributed by atoms with E-state index in [4.69, 9.17) is 5.73 Å². The molecule has 0 spiro atoms. The van der Waals surface area contributed by atoms with E-state index >= 15 is 0 Å². The summed E-state index contributed by atoms with van der Waals surface area (Å²) >= 11 is 0. The first-order chi connectivity index (χ1) is 8.40. The Labute approximate surface area is 104 Å². The summed E-state index contributed by atoms with van der Waals surface area (Å²) in [4.78, 5) is 28.4. The number of aromatic nitrogens is 3. The van der Waals surface area contributed by atoms with Crippen molar-refractivity contribution >= 4 is 11.0 Å². The summed E-state index contributed by atoms with van der Waals surface area (Å²) in [6, 6.07) is 0. The van der Waals surface area contributed by atoms with Gasteiger partial charge in [-0.2, -0.15) is 0 Å². The fraction of sp³-hybridized carbons (Fsp3) is 0.417. The molecular weight excluding hydrogens is 232 g/mol. The van der Waals surface area contributed by atoms with Crippen LogP contribution in [-0.4, -0.2) is 14.1 Å². The zero-order chi connectivity index (χ0) is 13.6. The highest BCUT2D eigenvalue weighted by atomic mass is 16.2. The van der Waals surface area contributed by atoms with Gasteiger partial charge in [-0.05, 0) is 25.0 Å². The topological polar surface area (TPSA) is 82.9 Å². The van der Waals surface area contributed by atoms with Gasteiger partial charge in [-0.25, -0.2) is 9.78 Å². The summed E-state index contributed by atoms with van der Waals surface area (Å²) in [5, 5.41) is 0.464. The quantitative estimate of drug-likeness (QED) is 0.751. The summed E-state index contributed by atoms with van der Waals surface area (Å²) in [6.07, 6.45) is 0. The number of aryl methyl sites for hydroxylation is 3. The van der Waals surface area contributed by atoms with Crippen molar-refractivity contribution in [2.24, 2.45) is 19.8 Å². The van der Waals surface area contributed by atoms with Gasteiger partial charge in [-0.3, -0.25) is 13.9 Å². The molecule has 6 nitrogen and oxygen atoms in total. The van der Waals surface area contributed by atoms with Crippen molar-refractivity contribution in [1.29, 1.82) is 0 Å². The molecule has 2 N–H and O–H groups in total. The molecule has 2 aromatic rings. The Bertz CT molecular complexity index is 755. The van der Waals surface area contributed by atoms with E-state index in [-0.39, 0.29) is 11.2 Å². The largest absolute Gasteiger partial charge is 0.332 e. The summed E-state index contributed by atoms with van der Waals surface area (Å²) in [5.74, 6) is 0. The van der Waals surface area contributed by atoms with Gasteiger partial charge in [0.1, 0.15) is 5.65 Å². The van der Waals surface area contributed by atoms with E-state index in [1.807, 2.05) is 13.8 Å². The van der Waals surface area contributed by atoms with Gasteiger partial charge in [0.2, 0.25) is 0 Å². The number of nitrogens with two attached hydrogens (primary N) is 1. The predicted molar refractivity (Wildman–Crippen MR) is 69.6 cm³/mol. The van der Waals surface area contributed by atoms with Crippen LogP contribution in [0.25, 0.3) is 11.0 Å². The van der Waals surface area contributed by atoms with E-state index in [2.05, 4.69) is 4.98 Å². The van der Waals surface area contributed by atoms with Crippen LogP contribution in [0.4, 0.5) is 0 Å². The first-order valence-corrected chi connectivity index (χ1v) is 5.66. The molecule has 96 valence electrons. The Kier molecular flexibility index (Phi) is 2.82. The lowest BCUT2D eigenvalue weighted by Crippen LogP contribution is -2.38. The predicted octanol–water partition coefficient (Wildman–Crippen LogP) is -0.292. The molecule has 0 aliphatic carbocycles. The van der Waals surface area contributed by atoms with E-state index in [0.29, 0.717) is 17.6 Å². The van der Waals surface area contributed by atoms with E-state index in [1.54, 1.807) is 7.05 Å². The first-order valence-electron chi connectivity index (χ1n) is 5.66. The van der Waals surface area contributed by atoms with Crippen LogP contribution in [-0.2, 0) is 20.6 Å². The number of nitrogens with zero attached hydrogens (tertiary/aromatic N) is 3. The maximum atomic E-state index is 12.2. The third-order valence-electron chi connectivity index (χ3n) is 3.38. The molecule has 0 saturated heterocycles. The maximum Gasteiger partial charge on any atom is 0.332 e. The number of pyridine rings is 1. The summed E-state index contributed by atoms with van der Waals surface area (Å²) in [5.41, 5.74) is 7.81. The third kappa shape index (κ3) is 1.49. The van der Waals surface area contributed by atoms with Crippen molar-refractivity contribution in [3.8, 4) is 0 Å². The molecule has 0 bridgehead atoms. The maximum absolute atomic E-state index is 12.2. The van der Waals surface area contributed by atoms with Gasteiger partial charge in [-0.1, -0.05) is 0 Å². The van der Waals surface area contributed by atoms with E-state index in [1.165, 1.54) is 11.6 Å². The van der Waals surface area contributed by atoms with Crippen LogP contribution in [0.15, 0.2) is 9.59 Å². The van der Waals surface area contributed by atoms with Gasteiger partial charge >= 0.3 is 5.69 Å². The van der Waals surface area contributed by atoms with E-state index in [0.717, 1.165) is 21.4 Å². The lowest BCUT2D eigenvalue weighted by atomic mass is 10.0. The summed E-state index contributed by atoms with van der Waals surface area (Å²) in [6.45, 7) is 3.99. The molecule has 0 aliphatic rings. The van der Waals surface area contributed by atoms with E-state index in [9.17, 15) is 9.59 Å². The second kappa shape index (κ2) is 4.06. The number of hydrogen-bond acceptors (Lipinski definition) is 4. The highest BCUT2D eigenvalue weighted by Gasteiger charge is 2.15. The Hall–Kier alpha value is -1.95. The zero-order valence-corrected chi connectivity index (χ0v) is 10.9. The molecule has 18 heavy (non-hydrogen) atoms. The molecule has 0 radical (unpaired) electrons. The molecule has 2 heterocycles. The molecule has 0 saturated carbocycles. The number of fused-ring (bicyclic) bond motifs is 1. The summed E-state index contributed by atoms with van der Waals surface area (Å²) in [7, 11) is 3.07. The smallest absolute Gasteiger partial charge is 0.326 e. The molecular formula is C12H16N4O2. The second-order valence-corrected chi connectivity index (χ2v) is 4.41. The molecule has 0 atom stereocenters. The van der Waals surface area contributed by atoms with Gasteiger partial charge in [0, 0.05) is 26.3 Å². The molecule has 0 amide bonds. The highest BCUT2D eigenvalue weighted by molar-refractivity contribution is 5.79. The molecule has 6 heteroatoms. The highest BCUT2D eigenvalue weighted by Crippen LogP contribution is 2.18. The molecule has 0 aliphatic heterocycles. The Balaban J connectivity index is 3.18. The van der Waals surface area contributed by atoms with Crippen LogP contribution in [0.2, 0.25) is 0 Å². The molecule has 0 fully saturated rings. The fourth-order valence-electron chi connectivity index (χ4n) is 2.24. The normalized spacial score (nSPS) is 11.2. The molecule has 2 aromatic heterocycles. The van der Waals surface area contributed by atoms with Crippen LogP contribution >= 0.6 is 0 Å². The van der Waals surface area contributed by atoms with Crippen LogP contribution in [0.3, 0.4) is 0 Å². The van der Waals surface area contributed by atoms with Crippen molar-refractivity contribution in [1.82, 2.24) is 14.1 Å². The van der Waals surface area contributed by atoms with Crippen LogP contribution < -0.4 is 17.0 Å². The fourth-order valence-corrected chi connectivity index (χ4v) is 2.24. The molecule has 0 aromatic carbocycles. The van der Waals surface area contributed by atoms with Crippen molar-refractivity contribution in [3.05, 3.63) is 37.7 Å². The lowest BCUT2D eigenvalue weighted by Gasteiger charge is -2.13. The monoisotopic (exact) mass is 248 g/mol. The van der Waals surface area contributed by atoms with Crippen molar-refractivity contribution in [2.75, 3.05) is 0 Å². The molecule has 0 unspecified atom stereocenters. The minimum absolute atomic E-state index is 0.326. The van der Waals surface area contributed by atoms with Crippen molar-refractivity contribution in [2.45, 2.75) is 20.4 Å². The van der Waals surface area contributed by atoms with Gasteiger partial charge in [0.05, 0.1) is 5.39 Å². The molecule has 2 rings (SSSR count). The average Bonchev–Trinajstić information content (AvgIpc) is 2.33. The minimum Gasteiger partial charge on any atom is -0.326 e. The van der Waals surface area contributed by atoms with Crippen LogP contribution in [0, 0.1) is 13.8 Å². The number of hydrogen-bond donors (Lipinski definition) is 1. The average molecular weight is 248 g/mol. The van der Waals surface area contributed by atoms with Crippen molar-refractivity contribution in [3.63, 3.8) is 0 Å². The first kappa shape index (κ1) is 12.5. The Morgan fingerprint density at radius 1 is 1.17 bits per heavy atom. The second-order valence-electron chi connectivity index (χ2n) is 4.41. The van der Waals surface area contributed by atoms with E-state index < -0.39 is 0 Å². The van der Waals surface area contributed by atoms with Crippen molar-refractivity contribution < 1.29 is 0 Å². The number of rotatable bonds is 1. The zero-order valence-electron chi connectivity index (χ0n) is 10.9. The standard InChI is InChI=1S/C12H16N4O2/c1-6-8(5-13)7(2)14-10-9(6)11(17)16(4)12(18)15(10)3/h5,13H2,1-4H3. The van der Waals surface area contributed by atoms with Crippen LogP contribution in [0.5, 0.6) is 0 Å². The van der Waals surface area contributed by atoms with Gasteiger partial charge in [0.25, 0.3) is 5.56 Å². The third-order valence-corrected chi connectivity index (χ3v) is 3.38. The Morgan fingerprint density at radius 3 is 2.33 bits per heavy atom. The van der Waals surface area contributed by atoms with Gasteiger partial charge in [0.15, 0.2) is 0 Å². The Morgan fingerprint density at radius 2 is 1.78 bits per heavy atom. The summed E-state index contributed by atoms with van der Waals surface area (Å²) < 4.78 is 2.48. The van der Waals surface area contributed by atoms with Gasteiger partial charge in [-0.15, -0.1) is 0 Å². The lowest BCUT2D eigenvalue weighted by molar-refractivity contribution is 0.705. The van der Waals surface area contributed by atoms with Crippen LogP contribution in [0.1, 0.15) is 16.8 Å². The van der Waals surface area contributed by atoms with Gasteiger partial charge < -0.3 is 5.73 Å². The SMILES string of the molecule is Cc1nc2c(c(C)c1CN)c(=O)n(C)c(=O)n2C. The minimum atomic E-state index is -0.376.